The van der Waals surface area contributed by atoms with Crippen LogP contribution >= 0.6 is 0 Å². The molecule has 0 bridgehead atoms. The molecule has 0 radical (unpaired) electrons. The minimum Gasteiger partial charge on any atom is -0.494 e. The maximum absolute atomic E-state index is 15.0. The Morgan fingerprint density at radius 1 is 0.848 bits per heavy atom. The molecule has 4 aromatic rings. The zero-order valence-corrected chi connectivity index (χ0v) is 25.9. The molecule has 8 heteroatoms. The number of hydrogen-bond donors (Lipinski definition) is 1. The van der Waals surface area contributed by atoms with Crippen LogP contribution in [0.3, 0.4) is 0 Å². The summed E-state index contributed by atoms with van der Waals surface area (Å²) in [6, 6.07) is 25.6. The molecule has 46 heavy (non-hydrogen) atoms. The molecule has 3 aliphatic rings. The first-order valence-corrected chi connectivity index (χ1v) is 15.4. The molecular weight excluding hydrogens is 580 g/mol. The van der Waals surface area contributed by atoms with Crippen LogP contribution in [0.5, 0.6) is 17.2 Å². The van der Waals surface area contributed by atoms with Crippen LogP contribution in [0.4, 0.5) is 5.69 Å². The van der Waals surface area contributed by atoms with E-state index in [2.05, 4.69) is 5.32 Å². The van der Waals surface area contributed by atoms with Crippen LogP contribution in [0.15, 0.2) is 97.2 Å². The summed E-state index contributed by atoms with van der Waals surface area (Å²) in [4.78, 5) is 46.5. The summed E-state index contributed by atoms with van der Waals surface area (Å²) >= 11 is 0. The van der Waals surface area contributed by atoms with Gasteiger partial charge in [0.05, 0.1) is 32.8 Å². The highest BCUT2D eigenvalue weighted by atomic mass is 16.5. The number of carbonyl (C=O) groups is 3. The molecule has 1 amide bonds. The topological polar surface area (TPSA) is 94.2 Å². The predicted octanol–water partition coefficient (Wildman–Crippen LogP) is 6.47. The second kappa shape index (κ2) is 11.5. The lowest BCUT2D eigenvalue weighted by Crippen LogP contribution is -2.49. The van der Waals surface area contributed by atoms with Gasteiger partial charge in [-0.15, -0.1) is 0 Å². The van der Waals surface area contributed by atoms with E-state index < -0.39 is 23.4 Å². The van der Waals surface area contributed by atoms with Gasteiger partial charge >= 0.3 is 0 Å². The Balaban J connectivity index is 1.47. The number of ketones is 2. The number of nitrogens with zero attached hydrogens (tertiary/aromatic N) is 1. The number of carbonyl (C=O) groups excluding carboxylic acids is 3. The van der Waals surface area contributed by atoms with Gasteiger partial charge in [0, 0.05) is 23.0 Å². The molecular formula is C38H34N2O6. The Labute approximate surface area is 267 Å². The van der Waals surface area contributed by atoms with Crippen LogP contribution in [-0.2, 0) is 10.2 Å². The fourth-order valence-electron chi connectivity index (χ4n) is 7.44. The van der Waals surface area contributed by atoms with Crippen molar-refractivity contribution in [3.05, 3.63) is 125 Å². The van der Waals surface area contributed by atoms with Crippen molar-refractivity contribution in [1.29, 1.82) is 0 Å². The van der Waals surface area contributed by atoms with E-state index in [0.29, 0.717) is 46.2 Å². The molecule has 4 atom stereocenters. The van der Waals surface area contributed by atoms with Crippen molar-refractivity contribution in [2.75, 3.05) is 26.1 Å². The number of fused-ring (bicyclic) bond motifs is 6. The lowest BCUT2D eigenvalue weighted by molar-refractivity contribution is -0.122. The molecule has 4 aromatic carbocycles. The number of nitrogens with one attached hydrogen (secondary N) is 1. The van der Waals surface area contributed by atoms with Crippen LogP contribution in [0.1, 0.15) is 56.8 Å². The van der Waals surface area contributed by atoms with Crippen molar-refractivity contribution in [3.8, 4) is 17.2 Å². The third-order valence-electron chi connectivity index (χ3n) is 9.40. The fraction of sp³-hybridized carbons (Fsp3) is 0.237. The summed E-state index contributed by atoms with van der Waals surface area (Å²) in [6.45, 7) is 2.58. The number of hydrogen-bond acceptors (Lipinski definition) is 7. The van der Waals surface area contributed by atoms with Gasteiger partial charge in [-0.3, -0.25) is 14.4 Å². The molecule has 1 fully saturated rings. The molecule has 0 unspecified atom stereocenters. The van der Waals surface area contributed by atoms with E-state index in [4.69, 9.17) is 14.2 Å². The summed E-state index contributed by atoms with van der Waals surface area (Å²) in [6.07, 6.45) is 4.66. The van der Waals surface area contributed by atoms with E-state index in [1.54, 1.807) is 42.5 Å². The summed E-state index contributed by atoms with van der Waals surface area (Å²) in [7, 11) is 3.04. The maximum Gasteiger partial charge on any atom is 0.238 e. The third-order valence-corrected chi connectivity index (χ3v) is 9.40. The van der Waals surface area contributed by atoms with Crippen LogP contribution in [0.2, 0.25) is 0 Å². The average molecular weight is 615 g/mol. The van der Waals surface area contributed by atoms with Crippen LogP contribution in [-0.4, -0.2) is 49.2 Å². The van der Waals surface area contributed by atoms with E-state index in [1.807, 2.05) is 72.6 Å². The predicted molar refractivity (Wildman–Crippen MR) is 175 cm³/mol. The number of rotatable bonds is 9. The molecule has 1 spiro atoms. The van der Waals surface area contributed by atoms with Gasteiger partial charge in [0.1, 0.15) is 17.2 Å². The summed E-state index contributed by atoms with van der Waals surface area (Å²) in [5, 5.41) is 3.09. The highest BCUT2D eigenvalue weighted by Crippen LogP contribution is 2.62. The SMILES string of the molecule is CCCOc1ccc(C(=O)[C@@H]2[C@H](C(=O)c3ccc(OC)c(OC)c3)N3C=Cc4ccccc4[C@H]3[C@@]23C(=O)Nc2ccccc23)cc1. The number of anilines is 1. The number of ether oxygens (including phenoxy) is 3. The minimum absolute atomic E-state index is 0.298. The second-order valence-electron chi connectivity index (χ2n) is 11.8. The molecule has 0 saturated carbocycles. The Hall–Kier alpha value is -5.37. The molecule has 1 saturated heterocycles. The normalized spacial score (nSPS) is 22.1. The molecule has 0 aliphatic carbocycles. The zero-order chi connectivity index (χ0) is 32.0. The van der Waals surface area contributed by atoms with Crippen LogP contribution < -0.4 is 19.5 Å². The van der Waals surface area contributed by atoms with Crippen LogP contribution in [0, 0.1) is 5.92 Å². The molecule has 3 heterocycles. The Bertz CT molecular complexity index is 1880. The van der Waals surface area contributed by atoms with Gasteiger partial charge in [0.25, 0.3) is 0 Å². The highest BCUT2D eigenvalue weighted by Gasteiger charge is 2.70. The van der Waals surface area contributed by atoms with E-state index in [-0.39, 0.29) is 17.5 Å². The molecule has 7 rings (SSSR count). The molecule has 8 nitrogen and oxygen atoms in total. The van der Waals surface area contributed by atoms with Gasteiger partial charge in [-0.05, 0) is 77.7 Å². The lowest BCUT2D eigenvalue weighted by Gasteiger charge is -2.38. The minimum atomic E-state index is -1.41. The molecule has 3 aliphatic heterocycles. The number of amides is 1. The van der Waals surface area contributed by atoms with E-state index in [1.165, 1.54) is 14.2 Å². The van der Waals surface area contributed by atoms with Crippen molar-refractivity contribution in [2.45, 2.75) is 30.8 Å². The first kappa shape index (κ1) is 29.3. The fourth-order valence-corrected chi connectivity index (χ4v) is 7.44. The summed E-state index contributed by atoms with van der Waals surface area (Å²) < 4.78 is 16.7. The first-order valence-electron chi connectivity index (χ1n) is 15.4. The average Bonchev–Trinajstić information content (AvgIpc) is 3.58. The van der Waals surface area contributed by atoms with E-state index in [9.17, 15) is 9.59 Å². The smallest absolute Gasteiger partial charge is 0.238 e. The monoisotopic (exact) mass is 614 g/mol. The van der Waals surface area contributed by atoms with Crippen molar-refractivity contribution in [3.63, 3.8) is 0 Å². The van der Waals surface area contributed by atoms with Gasteiger partial charge in [0.2, 0.25) is 5.91 Å². The largest absolute Gasteiger partial charge is 0.494 e. The van der Waals surface area contributed by atoms with Crippen LogP contribution in [0.25, 0.3) is 6.08 Å². The van der Waals surface area contributed by atoms with Gasteiger partial charge in [-0.25, -0.2) is 0 Å². The number of methoxy groups -OCH3 is 2. The Kier molecular flexibility index (Phi) is 7.35. The van der Waals surface area contributed by atoms with Gasteiger partial charge in [-0.1, -0.05) is 49.4 Å². The number of benzene rings is 4. The molecule has 232 valence electrons. The van der Waals surface area contributed by atoms with Gasteiger partial charge < -0.3 is 24.4 Å². The van der Waals surface area contributed by atoms with Crippen molar-refractivity contribution in [2.24, 2.45) is 5.92 Å². The maximum atomic E-state index is 15.0. The molecule has 1 N–H and O–H groups in total. The summed E-state index contributed by atoms with van der Waals surface area (Å²) in [5.41, 5.74) is 2.47. The Morgan fingerprint density at radius 2 is 1.57 bits per heavy atom. The van der Waals surface area contributed by atoms with E-state index in [0.717, 1.165) is 17.5 Å². The lowest BCUT2D eigenvalue weighted by atomic mass is 9.62. The molecule has 0 aromatic heterocycles. The van der Waals surface area contributed by atoms with Gasteiger partial charge in [0.15, 0.2) is 23.1 Å². The number of Topliss-reactive ketones (excluding diaryl/α,β-unsaturated/α-hetero) is 2. The van der Waals surface area contributed by atoms with E-state index >= 15 is 4.79 Å². The zero-order valence-electron chi connectivity index (χ0n) is 25.9. The number of para-hydroxylation sites is 1. The third kappa shape index (κ3) is 4.31. The van der Waals surface area contributed by atoms with Crippen molar-refractivity contribution >= 4 is 29.2 Å². The second-order valence-corrected chi connectivity index (χ2v) is 11.8. The summed E-state index contributed by atoms with van der Waals surface area (Å²) in [5.74, 6) is -0.466. The Morgan fingerprint density at radius 3 is 2.33 bits per heavy atom. The van der Waals surface area contributed by atoms with Crippen molar-refractivity contribution < 1.29 is 28.6 Å². The first-order chi connectivity index (χ1) is 22.4. The quantitative estimate of drug-likeness (QED) is 0.216. The van der Waals surface area contributed by atoms with Crippen molar-refractivity contribution in [1.82, 2.24) is 4.90 Å². The standard InChI is InChI=1S/C38H34N2O6/c1-4-21-46-26-16-13-24(14-17-26)34(41)32-33(35(42)25-15-18-30(44-2)31(22-25)45-3)40-20-19-23-9-5-6-10-27(23)36(40)38(32)28-11-7-8-12-29(28)39-37(38)43/h5-20,22,32-33,36H,4,21H2,1-3H3,(H,39,43)/t32-,33+,36-,38-/m0/s1. The highest BCUT2D eigenvalue weighted by molar-refractivity contribution is 6.16. The van der Waals surface area contributed by atoms with Gasteiger partial charge in [-0.2, -0.15) is 0 Å².